The summed E-state index contributed by atoms with van der Waals surface area (Å²) in [5, 5.41) is 0.0116. The van der Waals surface area contributed by atoms with Crippen LogP contribution in [-0.2, 0) is 20.9 Å². The number of hydrogen-bond acceptors (Lipinski definition) is 5. The highest BCUT2D eigenvalue weighted by molar-refractivity contribution is 6.32. The van der Waals surface area contributed by atoms with Crippen LogP contribution in [0.4, 0.5) is 10.1 Å². The van der Waals surface area contributed by atoms with Crippen molar-refractivity contribution in [1.82, 2.24) is 4.98 Å². The van der Waals surface area contributed by atoms with E-state index in [9.17, 15) is 9.59 Å². The molecular weight excluding hydrogens is 471 g/mol. The fourth-order valence-corrected chi connectivity index (χ4v) is 3.90. The zero-order chi connectivity index (χ0) is 25.4. The lowest BCUT2D eigenvalue weighted by Gasteiger charge is -2.28. The lowest BCUT2D eigenvalue weighted by molar-refractivity contribution is -0.138. The lowest BCUT2D eigenvalue weighted by atomic mass is 9.90. The van der Waals surface area contributed by atoms with Crippen LogP contribution < -0.4 is 9.64 Å². The molecule has 2 aromatic rings. The van der Waals surface area contributed by atoms with Gasteiger partial charge in [-0.15, -0.1) is 12.8 Å². The summed E-state index contributed by atoms with van der Waals surface area (Å²) in [5.74, 6) is 2.88. The van der Waals surface area contributed by atoms with Crippen molar-refractivity contribution in [3.05, 3.63) is 64.2 Å². The van der Waals surface area contributed by atoms with Crippen LogP contribution in [0.2, 0.25) is 5.02 Å². The summed E-state index contributed by atoms with van der Waals surface area (Å²) in [5.41, 5.74) is 1.09. The molecule has 1 amide bonds. The van der Waals surface area contributed by atoms with Gasteiger partial charge in [-0.05, 0) is 50.3 Å². The maximum Gasteiger partial charge on any atom is 0.335 e. The summed E-state index contributed by atoms with van der Waals surface area (Å²) >= 11 is 6.18. The second-order valence-corrected chi connectivity index (χ2v) is 8.27. The predicted molar refractivity (Wildman–Crippen MR) is 131 cm³/mol. The molecule has 0 bridgehead atoms. The topological polar surface area (TPSA) is 68.7 Å². The summed E-state index contributed by atoms with van der Waals surface area (Å²) in [6, 6.07) is 5.87. The van der Waals surface area contributed by atoms with Crippen LogP contribution in [0, 0.1) is 30.5 Å². The number of aromatic nitrogens is 1. The minimum Gasteiger partial charge on any atom is -0.476 e. The van der Waals surface area contributed by atoms with Crippen LogP contribution in [-0.4, -0.2) is 29.6 Å². The molecule has 1 aliphatic carbocycles. The van der Waals surface area contributed by atoms with Crippen molar-refractivity contribution < 1.29 is 23.5 Å². The van der Waals surface area contributed by atoms with E-state index >= 15 is 4.39 Å². The van der Waals surface area contributed by atoms with Gasteiger partial charge in [-0.3, -0.25) is 9.78 Å². The molecule has 0 spiro atoms. The normalized spacial score (nSPS) is 13.9. The molecule has 0 saturated heterocycles. The quantitative estimate of drug-likeness (QED) is 0.387. The molecule has 180 valence electrons. The van der Waals surface area contributed by atoms with E-state index in [1.54, 1.807) is 31.5 Å². The maximum absolute atomic E-state index is 15.2. The molecule has 1 heterocycles. The molecule has 0 radical (unpaired) electrons. The van der Waals surface area contributed by atoms with E-state index in [1.807, 2.05) is 0 Å². The van der Waals surface area contributed by atoms with Crippen molar-refractivity contribution >= 4 is 29.2 Å². The van der Waals surface area contributed by atoms with Gasteiger partial charge >= 0.3 is 5.97 Å². The van der Waals surface area contributed by atoms with Crippen LogP contribution in [0.5, 0.6) is 5.75 Å². The van der Waals surface area contributed by atoms with Gasteiger partial charge in [0.25, 0.3) is 5.91 Å². The number of anilines is 1. The van der Waals surface area contributed by atoms with Gasteiger partial charge in [0, 0.05) is 29.6 Å². The molecular formula is C27H24ClFN2O4. The molecule has 1 aromatic heterocycles. The summed E-state index contributed by atoms with van der Waals surface area (Å²) in [4.78, 5) is 31.8. The number of rotatable bonds is 8. The molecule has 0 saturated carbocycles. The highest BCUT2D eigenvalue weighted by Gasteiger charge is 2.30. The van der Waals surface area contributed by atoms with Crippen molar-refractivity contribution in [2.45, 2.75) is 45.3 Å². The highest BCUT2D eigenvalue weighted by atomic mass is 35.5. The number of pyridine rings is 1. The summed E-state index contributed by atoms with van der Waals surface area (Å²) in [6.07, 6.45) is 15.3. The first-order valence-corrected chi connectivity index (χ1v) is 11.4. The first kappa shape index (κ1) is 25.8. The lowest BCUT2D eigenvalue weighted by Crippen LogP contribution is -2.34. The van der Waals surface area contributed by atoms with Gasteiger partial charge in [-0.25, -0.2) is 9.18 Å². The van der Waals surface area contributed by atoms with Gasteiger partial charge in [0.15, 0.2) is 12.7 Å². The van der Waals surface area contributed by atoms with Crippen LogP contribution in [0.25, 0.3) is 0 Å². The maximum atomic E-state index is 15.2. The third-order valence-corrected chi connectivity index (χ3v) is 5.69. The largest absolute Gasteiger partial charge is 0.476 e. The molecule has 35 heavy (non-hydrogen) atoms. The van der Waals surface area contributed by atoms with Crippen molar-refractivity contribution in [2.75, 3.05) is 11.5 Å². The zero-order valence-electron chi connectivity index (χ0n) is 19.2. The van der Waals surface area contributed by atoms with Crippen molar-refractivity contribution in [1.29, 1.82) is 0 Å². The van der Waals surface area contributed by atoms with E-state index in [1.165, 1.54) is 11.0 Å². The fourth-order valence-electron chi connectivity index (χ4n) is 3.70. The summed E-state index contributed by atoms with van der Waals surface area (Å²) in [6.45, 7) is 1.42. The molecule has 1 aromatic carbocycles. The number of halogens is 2. The number of hydrogen-bond donors (Lipinski definition) is 0. The van der Waals surface area contributed by atoms with Crippen LogP contribution in [0.15, 0.2) is 47.8 Å². The van der Waals surface area contributed by atoms with Gasteiger partial charge in [0.05, 0.1) is 17.3 Å². The second kappa shape index (κ2) is 12.1. The van der Waals surface area contributed by atoms with Crippen molar-refractivity contribution in [3.63, 3.8) is 0 Å². The molecule has 1 unspecified atom stereocenters. The van der Waals surface area contributed by atoms with Crippen LogP contribution in [0.1, 0.15) is 38.2 Å². The SMILES string of the molecule is C#CCOC(=O)C1=C(C(=O)N(Cc2cccnc2)c2cc(OC(C)C#C)c(Cl)cc2F)CCCC1. The van der Waals surface area contributed by atoms with E-state index in [0.29, 0.717) is 24.8 Å². The Hall–Kier alpha value is -3.81. The zero-order valence-corrected chi connectivity index (χ0v) is 20.0. The number of nitrogens with zero attached hydrogens (tertiary/aromatic N) is 2. The molecule has 1 aliphatic rings. The number of terminal acetylenes is 2. The number of amides is 1. The van der Waals surface area contributed by atoms with E-state index < -0.39 is 23.8 Å². The Bertz CT molecular complexity index is 1210. The van der Waals surface area contributed by atoms with E-state index in [-0.39, 0.29) is 40.8 Å². The first-order valence-electron chi connectivity index (χ1n) is 11.0. The third kappa shape index (κ3) is 6.41. The second-order valence-electron chi connectivity index (χ2n) is 7.86. The number of carbonyl (C=O) groups excluding carboxylic acids is 2. The molecule has 0 aliphatic heterocycles. The van der Waals surface area contributed by atoms with Gasteiger partial charge in [-0.2, -0.15) is 0 Å². The summed E-state index contributed by atoms with van der Waals surface area (Å²) < 4.78 is 25.9. The molecule has 0 fully saturated rings. The van der Waals surface area contributed by atoms with E-state index in [4.69, 9.17) is 33.9 Å². The molecule has 0 N–H and O–H groups in total. The van der Waals surface area contributed by atoms with Gasteiger partial charge in [0.2, 0.25) is 0 Å². The molecule has 1 atom stereocenters. The van der Waals surface area contributed by atoms with E-state index in [2.05, 4.69) is 16.8 Å². The van der Waals surface area contributed by atoms with Gasteiger partial charge in [0.1, 0.15) is 11.6 Å². The van der Waals surface area contributed by atoms with Gasteiger partial charge < -0.3 is 14.4 Å². The Labute approximate surface area is 209 Å². The van der Waals surface area contributed by atoms with Gasteiger partial charge in [-0.1, -0.05) is 29.5 Å². The standard InChI is InChI=1S/C27H24ClFN2O4/c1-4-13-34-27(33)21-11-7-6-10-20(21)26(32)31(17-19-9-8-12-30-16-19)24-15-25(35-18(3)5-2)22(28)14-23(24)29/h1-2,8-9,12,14-16,18H,6-7,10-11,13,17H2,3H3. The minimum absolute atomic E-state index is 0.00839. The third-order valence-electron chi connectivity index (χ3n) is 5.40. The number of benzene rings is 1. The Morgan fingerprint density at radius 2 is 2.00 bits per heavy atom. The fraction of sp³-hybridized carbons (Fsp3) is 0.296. The van der Waals surface area contributed by atoms with Crippen molar-refractivity contribution in [3.8, 4) is 30.4 Å². The van der Waals surface area contributed by atoms with E-state index in [0.717, 1.165) is 12.5 Å². The number of ether oxygens (including phenoxy) is 2. The number of carbonyl (C=O) groups is 2. The smallest absolute Gasteiger partial charge is 0.335 e. The molecule has 3 rings (SSSR count). The Morgan fingerprint density at radius 1 is 1.26 bits per heavy atom. The average Bonchev–Trinajstić information content (AvgIpc) is 2.87. The predicted octanol–water partition coefficient (Wildman–Crippen LogP) is 4.85. The summed E-state index contributed by atoms with van der Waals surface area (Å²) in [7, 11) is 0. The highest BCUT2D eigenvalue weighted by Crippen LogP contribution is 2.36. The Morgan fingerprint density at radius 3 is 2.66 bits per heavy atom. The van der Waals surface area contributed by atoms with Crippen LogP contribution >= 0.6 is 11.6 Å². The Balaban J connectivity index is 2.10. The minimum atomic E-state index is -0.735. The molecule has 8 heteroatoms. The number of esters is 1. The molecule has 6 nitrogen and oxygen atoms in total. The first-order chi connectivity index (χ1) is 16.8. The average molecular weight is 495 g/mol. The van der Waals surface area contributed by atoms with Crippen molar-refractivity contribution in [2.24, 2.45) is 0 Å². The Kier molecular flexibility index (Phi) is 8.89. The van der Waals surface area contributed by atoms with Crippen LogP contribution in [0.3, 0.4) is 0 Å². The monoisotopic (exact) mass is 494 g/mol.